The summed E-state index contributed by atoms with van der Waals surface area (Å²) in [4.78, 5) is 25.8. The van der Waals surface area contributed by atoms with Gasteiger partial charge in [-0.05, 0) is 80.5 Å². The summed E-state index contributed by atoms with van der Waals surface area (Å²) in [7, 11) is -3.06. The lowest BCUT2D eigenvalue weighted by atomic mass is 10.1. The molecule has 1 aliphatic heterocycles. The number of ether oxygens (including phenoxy) is 1. The van der Waals surface area contributed by atoms with Gasteiger partial charge in [-0.1, -0.05) is 0 Å². The third-order valence-corrected chi connectivity index (χ3v) is 5.77. The molecule has 0 N–H and O–H groups in total. The third-order valence-electron chi connectivity index (χ3n) is 5.77. The molecule has 0 aromatic carbocycles. The molecule has 3 rings (SSSR count). The second-order valence-corrected chi connectivity index (χ2v) is 8.07. The fourth-order valence-electron chi connectivity index (χ4n) is 3.65. The topological polar surface area (TPSA) is 67.8 Å². The number of anilines is 2. The molecule has 0 atom stereocenters. The van der Waals surface area contributed by atoms with Gasteiger partial charge in [-0.3, -0.25) is 4.79 Å². The van der Waals surface area contributed by atoms with Gasteiger partial charge < -0.3 is 19.2 Å². The van der Waals surface area contributed by atoms with E-state index in [1.54, 1.807) is 24.5 Å². The molecule has 2 aromatic heterocycles. The normalized spacial score (nSPS) is 14.8. The number of halogens is 2. The summed E-state index contributed by atoms with van der Waals surface area (Å²) in [6, 6.07) is 7.43. The maximum atomic E-state index is 13.0. The zero-order valence-corrected chi connectivity index (χ0v) is 20.9. The van der Waals surface area contributed by atoms with Crippen LogP contribution in [0.25, 0.3) is 12.2 Å². The highest BCUT2D eigenvalue weighted by Gasteiger charge is 2.21. The summed E-state index contributed by atoms with van der Waals surface area (Å²) in [6.07, 6.45) is 9.19. The SMILES string of the molecule is CCN(CC)c1ccc(/C=C/C(OB(F)F)=C(\C)C(=O)/C=C/c2ccc(N3CCOCC3)nc2)cn1. The van der Waals surface area contributed by atoms with Gasteiger partial charge in [0.1, 0.15) is 17.4 Å². The van der Waals surface area contributed by atoms with Crippen molar-refractivity contribution >= 4 is 37.0 Å². The molecule has 0 spiro atoms. The van der Waals surface area contributed by atoms with E-state index in [1.165, 1.54) is 19.1 Å². The van der Waals surface area contributed by atoms with E-state index >= 15 is 0 Å². The highest BCUT2D eigenvalue weighted by atomic mass is 19.2. The molecule has 10 heteroatoms. The number of morpholine rings is 1. The van der Waals surface area contributed by atoms with Gasteiger partial charge in [0, 0.05) is 44.1 Å². The lowest BCUT2D eigenvalue weighted by Gasteiger charge is -2.27. The van der Waals surface area contributed by atoms with Gasteiger partial charge >= 0.3 is 7.47 Å². The number of carbonyl (C=O) groups excluding carboxylic acids is 1. The van der Waals surface area contributed by atoms with E-state index in [2.05, 4.69) is 24.4 Å². The number of hydrogen-bond donors (Lipinski definition) is 0. The van der Waals surface area contributed by atoms with Crippen LogP contribution in [0.15, 0.2) is 60.1 Å². The van der Waals surface area contributed by atoms with Gasteiger partial charge in [0.2, 0.25) is 0 Å². The first-order valence-electron chi connectivity index (χ1n) is 12.0. The molecule has 7 nitrogen and oxygen atoms in total. The summed E-state index contributed by atoms with van der Waals surface area (Å²) in [5.41, 5.74) is 1.48. The van der Waals surface area contributed by atoms with Gasteiger partial charge in [-0.25, -0.2) is 18.6 Å². The second kappa shape index (κ2) is 13.5. The van der Waals surface area contributed by atoms with Gasteiger partial charge in [0.25, 0.3) is 0 Å². The molecule has 0 aliphatic carbocycles. The Morgan fingerprint density at radius 3 is 2.25 bits per heavy atom. The van der Waals surface area contributed by atoms with Crippen LogP contribution in [0, 0.1) is 0 Å². The number of allylic oxidation sites excluding steroid dienone is 3. The van der Waals surface area contributed by atoms with E-state index in [-0.39, 0.29) is 11.3 Å². The fraction of sp³-hybridized carbons (Fsp3) is 0.346. The van der Waals surface area contributed by atoms with Crippen LogP contribution in [0.4, 0.5) is 20.3 Å². The van der Waals surface area contributed by atoms with Gasteiger partial charge in [0.05, 0.1) is 13.2 Å². The zero-order valence-electron chi connectivity index (χ0n) is 20.9. The smallest absolute Gasteiger partial charge is 0.505 e. The molecule has 1 aliphatic rings. The van der Waals surface area contributed by atoms with Crippen molar-refractivity contribution in [2.24, 2.45) is 0 Å². The van der Waals surface area contributed by atoms with Crippen molar-refractivity contribution in [3.63, 3.8) is 0 Å². The van der Waals surface area contributed by atoms with Crippen LogP contribution in [0.5, 0.6) is 0 Å². The molecule has 0 amide bonds. The van der Waals surface area contributed by atoms with E-state index in [4.69, 9.17) is 4.74 Å². The molecule has 0 saturated carbocycles. The van der Waals surface area contributed by atoms with E-state index < -0.39 is 13.3 Å². The molecule has 0 radical (unpaired) electrons. The number of aromatic nitrogens is 2. The largest absolute Gasteiger partial charge is 0.796 e. The molecule has 1 fully saturated rings. The lowest BCUT2D eigenvalue weighted by molar-refractivity contribution is -0.111. The number of ketones is 1. The maximum absolute atomic E-state index is 13.0. The summed E-state index contributed by atoms with van der Waals surface area (Å²) in [5, 5.41) is 0. The average Bonchev–Trinajstić information content (AvgIpc) is 2.91. The molecule has 2 aromatic rings. The summed E-state index contributed by atoms with van der Waals surface area (Å²) in [6.45, 7) is 10.1. The maximum Gasteiger partial charge on any atom is 0.796 e. The van der Waals surface area contributed by atoms with Gasteiger partial charge in [-0.15, -0.1) is 0 Å². The number of nitrogens with zero attached hydrogens (tertiary/aromatic N) is 4. The van der Waals surface area contributed by atoms with Gasteiger partial charge in [-0.2, -0.15) is 0 Å². The van der Waals surface area contributed by atoms with Crippen LogP contribution in [0.3, 0.4) is 0 Å². The summed E-state index contributed by atoms with van der Waals surface area (Å²) in [5.74, 6) is 1.03. The first kappa shape index (κ1) is 27.1. The standard InChI is InChI=1S/C26H31BF2N4O3/c1-4-32(5-2)25-12-8-22(19-30-25)7-11-24(36-27(28)29)20(3)23(34)10-6-21-9-13-26(31-18-21)33-14-16-35-17-15-33/h6-13,18-19H,4-5,14-17H2,1-3H3/b10-6+,11-7+,24-20-. The van der Waals surface area contributed by atoms with Crippen molar-refractivity contribution in [2.75, 3.05) is 49.2 Å². The van der Waals surface area contributed by atoms with Crippen molar-refractivity contribution in [1.29, 1.82) is 0 Å². The Hall–Kier alpha value is -3.53. The molecule has 36 heavy (non-hydrogen) atoms. The van der Waals surface area contributed by atoms with Crippen molar-refractivity contribution in [1.82, 2.24) is 9.97 Å². The highest BCUT2D eigenvalue weighted by molar-refractivity contribution is 6.35. The Labute approximate surface area is 211 Å². The van der Waals surface area contributed by atoms with E-state index in [1.807, 2.05) is 38.1 Å². The number of hydrogen-bond acceptors (Lipinski definition) is 7. The molecule has 0 unspecified atom stereocenters. The highest BCUT2D eigenvalue weighted by Crippen LogP contribution is 2.18. The molecular formula is C26H31BF2N4O3. The van der Waals surface area contributed by atoms with Crippen molar-refractivity contribution in [2.45, 2.75) is 20.8 Å². The lowest BCUT2D eigenvalue weighted by Crippen LogP contribution is -2.36. The summed E-state index contributed by atoms with van der Waals surface area (Å²) < 4.78 is 36.1. The monoisotopic (exact) mass is 496 g/mol. The molecular weight excluding hydrogens is 465 g/mol. The summed E-state index contributed by atoms with van der Waals surface area (Å²) >= 11 is 0. The minimum absolute atomic E-state index is 0.0633. The third kappa shape index (κ3) is 7.74. The predicted molar refractivity (Wildman–Crippen MR) is 140 cm³/mol. The van der Waals surface area contributed by atoms with Crippen LogP contribution in [-0.2, 0) is 14.2 Å². The minimum Gasteiger partial charge on any atom is -0.505 e. The van der Waals surface area contributed by atoms with E-state index in [9.17, 15) is 13.4 Å². The predicted octanol–water partition coefficient (Wildman–Crippen LogP) is 4.67. The first-order chi connectivity index (χ1) is 17.4. The Morgan fingerprint density at radius 1 is 1.06 bits per heavy atom. The number of rotatable bonds is 11. The second-order valence-electron chi connectivity index (χ2n) is 8.07. The molecule has 3 heterocycles. The van der Waals surface area contributed by atoms with Gasteiger partial charge in [0.15, 0.2) is 5.78 Å². The Kier molecular flexibility index (Phi) is 10.2. The Bertz CT molecular complexity index is 1080. The molecule has 0 bridgehead atoms. The quantitative estimate of drug-likeness (QED) is 0.194. The number of carbonyl (C=O) groups is 1. The van der Waals surface area contributed by atoms with Crippen LogP contribution in [0.2, 0.25) is 0 Å². The van der Waals surface area contributed by atoms with E-state index in [0.29, 0.717) is 18.8 Å². The fourth-order valence-corrected chi connectivity index (χ4v) is 3.65. The Morgan fingerprint density at radius 2 is 1.69 bits per heavy atom. The van der Waals surface area contributed by atoms with Crippen LogP contribution >= 0.6 is 0 Å². The number of pyridine rings is 2. The minimum atomic E-state index is -3.06. The van der Waals surface area contributed by atoms with Crippen LogP contribution in [-0.4, -0.2) is 62.6 Å². The van der Waals surface area contributed by atoms with Crippen LogP contribution < -0.4 is 9.80 Å². The average molecular weight is 496 g/mol. The molecule has 190 valence electrons. The molecule has 1 saturated heterocycles. The van der Waals surface area contributed by atoms with Crippen molar-refractivity contribution in [3.8, 4) is 0 Å². The van der Waals surface area contributed by atoms with Crippen molar-refractivity contribution in [3.05, 3.63) is 71.3 Å². The first-order valence-corrected chi connectivity index (χ1v) is 12.0. The Balaban J connectivity index is 1.71. The zero-order chi connectivity index (χ0) is 25.9. The van der Waals surface area contributed by atoms with E-state index in [0.717, 1.165) is 43.4 Å². The van der Waals surface area contributed by atoms with Crippen molar-refractivity contribution < 1.29 is 22.8 Å². The van der Waals surface area contributed by atoms with Crippen LogP contribution in [0.1, 0.15) is 31.9 Å².